The first-order valence-electron chi connectivity index (χ1n) is 15.1. The third-order valence-corrected chi connectivity index (χ3v) is 9.22. The van der Waals surface area contributed by atoms with Crippen LogP contribution in [0.5, 0.6) is 0 Å². The maximum Gasteiger partial charge on any atom is 0.403 e. The van der Waals surface area contributed by atoms with Gasteiger partial charge in [-0.2, -0.15) is 13.2 Å². The molecular formula is C31H34F3N9O. The van der Waals surface area contributed by atoms with E-state index in [1.54, 1.807) is 12.5 Å². The quantitative estimate of drug-likeness (QED) is 0.292. The van der Waals surface area contributed by atoms with Gasteiger partial charge < -0.3 is 20.1 Å². The predicted molar refractivity (Wildman–Crippen MR) is 160 cm³/mol. The molecule has 1 aliphatic carbocycles. The maximum atomic E-state index is 13.4. The van der Waals surface area contributed by atoms with Crippen molar-refractivity contribution in [2.45, 2.75) is 44.8 Å². The topological polar surface area (TPSA) is 106 Å². The molecule has 1 amide bonds. The Morgan fingerprint density at radius 3 is 2.48 bits per heavy atom. The van der Waals surface area contributed by atoms with Crippen LogP contribution in [0.3, 0.4) is 0 Å². The van der Waals surface area contributed by atoms with E-state index in [9.17, 15) is 18.0 Å². The molecule has 0 spiro atoms. The molecule has 0 radical (unpaired) electrons. The molecule has 3 aromatic heterocycles. The molecule has 3 fully saturated rings. The van der Waals surface area contributed by atoms with E-state index >= 15 is 0 Å². The lowest BCUT2D eigenvalue weighted by atomic mass is 10.0. The number of benzene rings is 1. The summed E-state index contributed by atoms with van der Waals surface area (Å²) in [7, 11) is 0. The second-order valence-corrected chi connectivity index (χ2v) is 12.0. The van der Waals surface area contributed by atoms with Crippen LogP contribution >= 0.6 is 0 Å². The number of pyridine rings is 1. The van der Waals surface area contributed by atoms with Crippen molar-refractivity contribution in [2.75, 3.05) is 49.5 Å². The average Bonchev–Trinajstić information content (AvgIpc) is 3.49. The molecule has 44 heavy (non-hydrogen) atoms. The highest BCUT2D eigenvalue weighted by Crippen LogP contribution is 2.58. The zero-order valence-electron chi connectivity index (χ0n) is 24.4. The van der Waals surface area contributed by atoms with Gasteiger partial charge in [-0.05, 0) is 62.4 Å². The summed E-state index contributed by atoms with van der Waals surface area (Å²) in [6.45, 7) is 5.66. The van der Waals surface area contributed by atoms with Gasteiger partial charge in [0.1, 0.15) is 23.4 Å². The third kappa shape index (κ3) is 5.33. The number of nitrogens with zero attached hydrogens (tertiary/aromatic N) is 7. The van der Waals surface area contributed by atoms with Crippen LogP contribution < -0.4 is 10.2 Å². The van der Waals surface area contributed by atoms with Crippen LogP contribution in [0.1, 0.15) is 44.2 Å². The summed E-state index contributed by atoms with van der Waals surface area (Å²) in [5.74, 6) is 1.35. The van der Waals surface area contributed by atoms with E-state index in [4.69, 9.17) is 0 Å². The molecule has 10 nitrogen and oxygen atoms in total. The molecule has 5 heterocycles. The number of rotatable bonds is 7. The van der Waals surface area contributed by atoms with Gasteiger partial charge in [-0.15, -0.1) is 0 Å². The number of nitrogens with one attached hydrogen (secondary N) is 2. The number of carbonyl (C=O) groups is 1. The van der Waals surface area contributed by atoms with Crippen molar-refractivity contribution in [3.05, 3.63) is 54.5 Å². The highest BCUT2D eigenvalue weighted by Gasteiger charge is 2.69. The Morgan fingerprint density at radius 2 is 1.75 bits per heavy atom. The normalized spacial score (nSPS) is 19.4. The van der Waals surface area contributed by atoms with Crippen molar-refractivity contribution >= 4 is 34.5 Å². The number of H-pyrrole nitrogens is 1. The standard InChI is InChI=1S/C31H34F3N9O/c1-20(41-12-14-43(15-13-41)28(44)30(7-8-30)31(32,33)34)21-6-9-35-26(17-21)40-29-38-23-5-4-22(16-25(23)39-29)24-18-27(37-19-36-24)42-10-2-3-11-42/h4-6,9,16-20H,2-3,7-8,10-15H2,1H3,(H2,35,38,39,40). The first-order valence-corrected chi connectivity index (χ1v) is 15.1. The van der Waals surface area contributed by atoms with Crippen LogP contribution in [-0.4, -0.2) is 86.1 Å². The smallest absolute Gasteiger partial charge is 0.357 e. The monoisotopic (exact) mass is 605 g/mol. The number of aromatic nitrogens is 5. The first kappa shape index (κ1) is 28.5. The molecular weight excluding hydrogens is 571 g/mol. The number of amides is 1. The zero-order chi connectivity index (χ0) is 30.5. The van der Waals surface area contributed by atoms with E-state index in [0.29, 0.717) is 24.9 Å². The molecule has 0 bridgehead atoms. The van der Waals surface area contributed by atoms with Crippen LogP contribution in [0.25, 0.3) is 22.3 Å². The molecule has 3 aliphatic rings. The number of piperazine rings is 1. The second-order valence-electron chi connectivity index (χ2n) is 12.0. The van der Waals surface area contributed by atoms with Crippen molar-refractivity contribution in [1.29, 1.82) is 0 Å². The molecule has 230 valence electrons. The van der Waals surface area contributed by atoms with Crippen LogP contribution in [-0.2, 0) is 4.79 Å². The van der Waals surface area contributed by atoms with Crippen LogP contribution in [0.2, 0.25) is 0 Å². The van der Waals surface area contributed by atoms with Crippen LogP contribution in [0.15, 0.2) is 48.9 Å². The van der Waals surface area contributed by atoms with Gasteiger partial charge in [0.2, 0.25) is 11.9 Å². The fraction of sp³-hybridized carbons (Fsp3) is 0.452. The van der Waals surface area contributed by atoms with Gasteiger partial charge in [-0.1, -0.05) is 6.07 Å². The number of halogens is 3. The van der Waals surface area contributed by atoms with E-state index in [-0.39, 0.29) is 32.0 Å². The van der Waals surface area contributed by atoms with Gasteiger partial charge in [0.15, 0.2) is 0 Å². The van der Waals surface area contributed by atoms with E-state index in [1.165, 1.54) is 17.7 Å². The molecule has 1 aromatic carbocycles. The molecule has 1 atom stereocenters. The number of hydrogen-bond donors (Lipinski definition) is 2. The summed E-state index contributed by atoms with van der Waals surface area (Å²) < 4.78 is 40.3. The molecule has 2 aliphatic heterocycles. The van der Waals surface area contributed by atoms with Gasteiger partial charge >= 0.3 is 6.18 Å². The van der Waals surface area contributed by atoms with Gasteiger partial charge in [-0.3, -0.25) is 9.69 Å². The van der Waals surface area contributed by atoms with Crippen molar-refractivity contribution in [3.63, 3.8) is 0 Å². The summed E-state index contributed by atoms with van der Waals surface area (Å²) >= 11 is 0. The van der Waals surface area contributed by atoms with Crippen molar-refractivity contribution in [2.24, 2.45) is 5.41 Å². The van der Waals surface area contributed by atoms with Crippen molar-refractivity contribution in [3.8, 4) is 11.3 Å². The molecule has 1 unspecified atom stereocenters. The fourth-order valence-corrected chi connectivity index (χ4v) is 6.32. The fourth-order valence-electron chi connectivity index (χ4n) is 6.32. The summed E-state index contributed by atoms with van der Waals surface area (Å²) in [5.41, 5.74) is 2.35. The van der Waals surface area contributed by atoms with Gasteiger partial charge in [0, 0.05) is 63.1 Å². The highest BCUT2D eigenvalue weighted by atomic mass is 19.4. The van der Waals surface area contributed by atoms with Gasteiger partial charge in [-0.25, -0.2) is 19.9 Å². The average molecular weight is 606 g/mol. The highest BCUT2D eigenvalue weighted by molar-refractivity contribution is 5.86. The largest absolute Gasteiger partial charge is 0.403 e. The number of aromatic amines is 1. The number of imidazole rings is 1. The Hall–Kier alpha value is -4.26. The molecule has 13 heteroatoms. The zero-order valence-corrected chi connectivity index (χ0v) is 24.4. The lowest BCUT2D eigenvalue weighted by Gasteiger charge is -2.39. The molecule has 1 saturated carbocycles. The van der Waals surface area contributed by atoms with E-state index < -0.39 is 17.5 Å². The summed E-state index contributed by atoms with van der Waals surface area (Å²) in [4.78, 5) is 40.0. The Balaban J connectivity index is 1.01. The summed E-state index contributed by atoms with van der Waals surface area (Å²) in [5, 5.41) is 3.27. The van der Waals surface area contributed by atoms with E-state index in [2.05, 4.69) is 47.0 Å². The van der Waals surface area contributed by atoms with Crippen LogP contribution in [0.4, 0.5) is 30.8 Å². The lowest BCUT2D eigenvalue weighted by molar-refractivity contribution is -0.199. The predicted octanol–water partition coefficient (Wildman–Crippen LogP) is 5.31. The van der Waals surface area contributed by atoms with E-state index in [1.807, 2.05) is 36.4 Å². The third-order valence-electron chi connectivity index (χ3n) is 9.22. The Morgan fingerprint density at radius 1 is 0.977 bits per heavy atom. The Bertz CT molecular complexity index is 1670. The minimum Gasteiger partial charge on any atom is -0.357 e. The summed E-state index contributed by atoms with van der Waals surface area (Å²) in [6, 6.07) is 11.9. The number of alkyl halides is 3. The SMILES string of the molecule is CC(c1ccnc(Nc2nc3ccc(-c4cc(N5CCCC5)ncn4)cc3[nH]2)c1)N1CCN(C(=O)C2(C(F)(F)F)CC2)CC1. The summed E-state index contributed by atoms with van der Waals surface area (Å²) in [6.07, 6.45) is 1.01. The second kappa shape index (κ2) is 11.0. The van der Waals surface area contributed by atoms with Gasteiger partial charge in [0.25, 0.3) is 0 Å². The molecule has 7 rings (SSSR count). The van der Waals surface area contributed by atoms with Crippen LogP contribution in [0, 0.1) is 5.41 Å². The number of anilines is 3. The maximum absolute atomic E-state index is 13.4. The molecule has 2 saturated heterocycles. The lowest BCUT2D eigenvalue weighted by Crippen LogP contribution is -2.53. The number of hydrogen-bond acceptors (Lipinski definition) is 8. The number of fused-ring (bicyclic) bond motifs is 1. The first-order chi connectivity index (χ1) is 21.2. The van der Waals surface area contributed by atoms with E-state index in [0.717, 1.165) is 46.8 Å². The minimum absolute atomic E-state index is 0.00940. The molecule has 2 N–H and O–H groups in total. The molecule has 4 aromatic rings. The number of carbonyl (C=O) groups excluding carboxylic acids is 1. The van der Waals surface area contributed by atoms with Crippen molar-refractivity contribution in [1.82, 2.24) is 34.7 Å². The Kier molecular flexibility index (Phi) is 7.14. The minimum atomic E-state index is -4.48. The van der Waals surface area contributed by atoms with Gasteiger partial charge in [0.05, 0.1) is 16.7 Å². The Labute approximate surface area is 252 Å². The van der Waals surface area contributed by atoms with Crippen molar-refractivity contribution < 1.29 is 18.0 Å².